The van der Waals surface area contributed by atoms with Crippen molar-refractivity contribution in [1.29, 1.82) is 0 Å². The topological polar surface area (TPSA) is 172 Å². The minimum Gasteiger partial charge on any atom is -0.463 e. The van der Waals surface area contributed by atoms with E-state index in [1.165, 1.54) is 6.92 Å². The summed E-state index contributed by atoms with van der Waals surface area (Å²) in [6.07, 6.45) is -5.78. The van der Waals surface area contributed by atoms with Crippen LogP contribution in [0.25, 0.3) is 10.4 Å². The lowest BCUT2D eigenvalue weighted by atomic mass is 9.98. The van der Waals surface area contributed by atoms with Crippen LogP contribution in [0.15, 0.2) is 5.11 Å². The van der Waals surface area contributed by atoms with Crippen LogP contribution in [0.1, 0.15) is 34.1 Å². The summed E-state index contributed by atoms with van der Waals surface area (Å²) in [6.45, 7) is 4.44. The molecule has 0 saturated carbocycles. The zero-order valence-corrected chi connectivity index (χ0v) is 17.1. The van der Waals surface area contributed by atoms with Gasteiger partial charge in [-0.25, -0.2) is 0 Å². The van der Waals surface area contributed by atoms with Gasteiger partial charge in [0.05, 0.1) is 6.61 Å². The van der Waals surface area contributed by atoms with Gasteiger partial charge in [0.15, 0.2) is 24.6 Å². The Hall–Kier alpha value is -2.89. The van der Waals surface area contributed by atoms with Crippen LogP contribution in [0.3, 0.4) is 0 Å². The second-order valence-corrected chi connectivity index (χ2v) is 6.25. The summed E-state index contributed by atoms with van der Waals surface area (Å²) < 4.78 is 32.0. The molecule has 1 aliphatic heterocycles. The summed E-state index contributed by atoms with van der Waals surface area (Å²) in [5.41, 5.74) is 8.32. The first kappa shape index (κ1) is 25.1. The van der Waals surface area contributed by atoms with Crippen molar-refractivity contribution in [3.05, 3.63) is 10.4 Å². The Kier molecular flexibility index (Phi) is 10.6. The lowest BCUT2D eigenvalue weighted by Gasteiger charge is -2.44. The van der Waals surface area contributed by atoms with Gasteiger partial charge >= 0.3 is 23.9 Å². The van der Waals surface area contributed by atoms with Gasteiger partial charge in [-0.1, -0.05) is 5.11 Å². The summed E-state index contributed by atoms with van der Waals surface area (Å²) in [7, 11) is 0. The predicted molar refractivity (Wildman–Crippen MR) is 96.5 cm³/mol. The molecule has 1 saturated heterocycles. The molecule has 1 heterocycles. The minimum absolute atomic E-state index is 0.0484. The fourth-order valence-electron chi connectivity index (χ4n) is 2.70. The average Bonchev–Trinajstić information content (AvgIpc) is 2.63. The van der Waals surface area contributed by atoms with Crippen molar-refractivity contribution >= 4 is 23.9 Å². The van der Waals surface area contributed by atoms with Crippen molar-refractivity contribution in [2.75, 3.05) is 19.8 Å². The Morgan fingerprint density at radius 1 is 0.900 bits per heavy atom. The summed E-state index contributed by atoms with van der Waals surface area (Å²) in [5.74, 6) is -2.78. The third-order valence-electron chi connectivity index (χ3n) is 3.70. The molecule has 0 bridgehead atoms. The number of ether oxygens (including phenoxy) is 6. The van der Waals surface area contributed by atoms with Gasteiger partial charge in [0.1, 0.15) is 12.7 Å². The summed E-state index contributed by atoms with van der Waals surface area (Å²) in [6, 6.07) is 0. The van der Waals surface area contributed by atoms with E-state index in [4.69, 9.17) is 34.0 Å². The summed E-state index contributed by atoms with van der Waals surface area (Å²) in [5, 5.41) is 3.37. The standard InChI is InChI=1S/C17H25N3O10/c1-9(21)26-8-13-14(27-10(2)22)15(28-11(3)23)16(29-12(4)24)17(30-13)25-7-5-6-19-20-18/h13-17H,5-8H2,1-4H3/t13?,14-,15?,16-,17+/m0/s1. The first-order valence-corrected chi connectivity index (χ1v) is 9.08. The van der Waals surface area contributed by atoms with E-state index >= 15 is 0 Å². The normalized spacial score (nSPS) is 25.4. The molecule has 2 unspecified atom stereocenters. The second kappa shape index (κ2) is 12.6. The highest BCUT2D eigenvalue weighted by molar-refractivity contribution is 5.68. The van der Waals surface area contributed by atoms with Gasteiger partial charge in [-0.2, -0.15) is 0 Å². The highest BCUT2D eigenvalue weighted by Crippen LogP contribution is 2.30. The number of nitrogens with zero attached hydrogens (tertiary/aromatic N) is 3. The number of hydrogen-bond donors (Lipinski definition) is 0. The molecule has 0 aromatic heterocycles. The molecule has 0 radical (unpaired) electrons. The summed E-state index contributed by atoms with van der Waals surface area (Å²) >= 11 is 0. The molecule has 1 rings (SSSR count). The van der Waals surface area contributed by atoms with E-state index in [1.807, 2.05) is 0 Å². The van der Waals surface area contributed by atoms with Gasteiger partial charge in [-0.3, -0.25) is 19.2 Å². The molecule has 0 N–H and O–H groups in total. The van der Waals surface area contributed by atoms with Gasteiger partial charge in [-0.15, -0.1) is 0 Å². The quantitative estimate of drug-likeness (QED) is 0.120. The molecule has 0 aliphatic carbocycles. The molecule has 168 valence electrons. The number of azide groups is 1. The van der Waals surface area contributed by atoms with Crippen LogP contribution in [0, 0.1) is 0 Å². The maximum Gasteiger partial charge on any atom is 0.303 e. The first-order chi connectivity index (χ1) is 14.1. The van der Waals surface area contributed by atoms with Gasteiger partial charge in [0.2, 0.25) is 0 Å². The minimum atomic E-state index is -1.29. The van der Waals surface area contributed by atoms with Crippen molar-refractivity contribution in [1.82, 2.24) is 0 Å². The maximum atomic E-state index is 11.7. The molecule has 5 atom stereocenters. The number of rotatable bonds is 10. The molecule has 0 aromatic rings. The zero-order chi connectivity index (χ0) is 22.7. The number of esters is 4. The fraction of sp³-hybridized carbons (Fsp3) is 0.765. The Morgan fingerprint density at radius 3 is 2.00 bits per heavy atom. The zero-order valence-electron chi connectivity index (χ0n) is 17.1. The van der Waals surface area contributed by atoms with Crippen LogP contribution < -0.4 is 0 Å². The average molecular weight is 431 g/mol. The van der Waals surface area contributed by atoms with Crippen molar-refractivity contribution in [2.24, 2.45) is 5.11 Å². The van der Waals surface area contributed by atoms with E-state index in [9.17, 15) is 19.2 Å². The highest BCUT2D eigenvalue weighted by Gasteiger charge is 2.52. The smallest absolute Gasteiger partial charge is 0.303 e. The van der Waals surface area contributed by atoms with Crippen molar-refractivity contribution in [2.45, 2.75) is 64.8 Å². The molecule has 1 fully saturated rings. The molecule has 30 heavy (non-hydrogen) atoms. The van der Waals surface area contributed by atoms with Gasteiger partial charge in [0.25, 0.3) is 0 Å². The SMILES string of the molecule is CC(=O)OCC1O[C@@H](OCCCN=[N+]=[N-])[C@@H](OC(C)=O)C(OC(C)=O)[C@H]1OC(C)=O. The van der Waals surface area contributed by atoms with E-state index in [1.54, 1.807) is 0 Å². The largest absolute Gasteiger partial charge is 0.463 e. The molecular formula is C17H25N3O10. The molecular weight excluding hydrogens is 406 g/mol. The van der Waals surface area contributed by atoms with Crippen LogP contribution in [-0.2, 0) is 47.6 Å². The first-order valence-electron chi connectivity index (χ1n) is 9.08. The molecule has 13 nitrogen and oxygen atoms in total. The van der Waals surface area contributed by atoms with Crippen molar-refractivity contribution in [3.8, 4) is 0 Å². The van der Waals surface area contributed by atoms with Crippen molar-refractivity contribution in [3.63, 3.8) is 0 Å². The molecule has 13 heteroatoms. The fourth-order valence-corrected chi connectivity index (χ4v) is 2.70. The second-order valence-electron chi connectivity index (χ2n) is 6.25. The molecule has 1 aliphatic rings. The van der Waals surface area contributed by atoms with E-state index < -0.39 is 54.6 Å². The van der Waals surface area contributed by atoms with Gasteiger partial charge < -0.3 is 28.4 Å². The Labute approximate surface area is 172 Å². The van der Waals surface area contributed by atoms with Crippen LogP contribution in [0.2, 0.25) is 0 Å². The number of carbonyl (C=O) groups is 4. The van der Waals surface area contributed by atoms with E-state index in [-0.39, 0.29) is 19.8 Å². The molecule has 0 spiro atoms. The van der Waals surface area contributed by atoms with Gasteiger partial charge in [0, 0.05) is 39.2 Å². The van der Waals surface area contributed by atoms with Crippen LogP contribution in [0.4, 0.5) is 0 Å². The van der Waals surface area contributed by atoms with E-state index in [2.05, 4.69) is 10.0 Å². The third-order valence-corrected chi connectivity index (χ3v) is 3.70. The Morgan fingerprint density at radius 2 is 1.47 bits per heavy atom. The predicted octanol–water partition coefficient (Wildman–Crippen LogP) is 0.786. The Bertz CT molecular complexity index is 679. The number of hydrogen-bond acceptors (Lipinski definition) is 11. The highest BCUT2D eigenvalue weighted by atomic mass is 16.7. The molecule has 0 aromatic carbocycles. The van der Waals surface area contributed by atoms with Crippen molar-refractivity contribution < 1.29 is 47.6 Å². The Balaban J connectivity index is 3.17. The maximum absolute atomic E-state index is 11.7. The monoisotopic (exact) mass is 431 g/mol. The number of carbonyl (C=O) groups excluding carboxylic acids is 4. The van der Waals surface area contributed by atoms with E-state index in [0.717, 1.165) is 20.8 Å². The van der Waals surface area contributed by atoms with Gasteiger partial charge in [-0.05, 0) is 12.0 Å². The lowest BCUT2D eigenvalue weighted by Crippen LogP contribution is -2.63. The molecule has 0 amide bonds. The van der Waals surface area contributed by atoms with Crippen LogP contribution in [-0.4, -0.2) is 74.3 Å². The van der Waals surface area contributed by atoms with Crippen LogP contribution in [0.5, 0.6) is 0 Å². The summed E-state index contributed by atoms with van der Waals surface area (Å²) in [4.78, 5) is 48.7. The van der Waals surface area contributed by atoms with Crippen LogP contribution >= 0.6 is 0 Å². The lowest BCUT2D eigenvalue weighted by molar-refractivity contribution is -0.308. The van der Waals surface area contributed by atoms with E-state index in [0.29, 0.717) is 6.42 Å². The third kappa shape index (κ3) is 8.64.